The molecular formula is C11H13NO2. The van der Waals surface area contributed by atoms with Crippen molar-refractivity contribution in [2.75, 3.05) is 0 Å². The van der Waals surface area contributed by atoms with Gasteiger partial charge in [-0.25, -0.2) is 0 Å². The molecule has 0 aliphatic rings. The number of carbonyl (C=O) groups excluding carboxylic acids is 2. The van der Waals surface area contributed by atoms with E-state index in [1.54, 1.807) is 12.1 Å². The number of carbonyl (C=O) groups is 2. The highest BCUT2D eigenvalue weighted by atomic mass is 16.1. The molecule has 1 aromatic carbocycles. The second kappa shape index (κ2) is 4.56. The van der Waals surface area contributed by atoms with Crippen LogP contribution in [0.5, 0.6) is 0 Å². The number of benzene rings is 1. The molecule has 0 spiro atoms. The summed E-state index contributed by atoms with van der Waals surface area (Å²) in [5.74, 6) is -0.0584. The average Bonchev–Trinajstić information content (AvgIpc) is 2.17. The van der Waals surface area contributed by atoms with E-state index in [1.165, 1.54) is 6.92 Å². The Morgan fingerprint density at radius 3 is 2.36 bits per heavy atom. The van der Waals surface area contributed by atoms with E-state index in [2.05, 4.69) is 5.32 Å². The Hall–Kier alpha value is -1.64. The van der Waals surface area contributed by atoms with Gasteiger partial charge in [-0.15, -0.1) is 0 Å². The van der Waals surface area contributed by atoms with Crippen LogP contribution in [-0.4, -0.2) is 12.2 Å². The number of aldehydes is 1. The van der Waals surface area contributed by atoms with Gasteiger partial charge in [-0.2, -0.15) is 0 Å². The fourth-order valence-corrected chi connectivity index (χ4v) is 1.25. The van der Waals surface area contributed by atoms with E-state index in [1.807, 2.05) is 19.1 Å². The standard InChI is InChI=1S/C11H13NO2/c1-8(12-9(2)14)11-5-3-10(7-13)4-6-11/h3-8H,1-2H3,(H,12,14)/t8-/m0/s1. The highest BCUT2D eigenvalue weighted by molar-refractivity contribution is 5.75. The first-order chi connectivity index (χ1) is 6.63. The quantitative estimate of drug-likeness (QED) is 0.739. The van der Waals surface area contributed by atoms with Crippen molar-refractivity contribution in [3.8, 4) is 0 Å². The molecule has 3 heteroatoms. The van der Waals surface area contributed by atoms with Crippen LogP contribution in [-0.2, 0) is 4.79 Å². The first-order valence-electron chi connectivity index (χ1n) is 4.45. The Labute approximate surface area is 83.1 Å². The molecular weight excluding hydrogens is 178 g/mol. The van der Waals surface area contributed by atoms with Crippen LogP contribution in [0.2, 0.25) is 0 Å². The minimum Gasteiger partial charge on any atom is -0.350 e. The van der Waals surface area contributed by atoms with Crippen molar-refractivity contribution in [2.45, 2.75) is 19.9 Å². The fourth-order valence-electron chi connectivity index (χ4n) is 1.25. The average molecular weight is 191 g/mol. The molecule has 0 aromatic heterocycles. The van der Waals surface area contributed by atoms with Crippen LogP contribution < -0.4 is 5.32 Å². The van der Waals surface area contributed by atoms with Gasteiger partial charge >= 0.3 is 0 Å². The van der Waals surface area contributed by atoms with Crippen LogP contribution in [0, 0.1) is 0 Å². The molecule has 0 aliphatic carbocycles. The Morgan fingerprint density at radius 1 is 1.36 bits per heavy atom. The van der Waals surface area contributed by atoms with Crippen molar-refractivity contribution < 1.29 is 9.59 Å². The van der Waals surface area contributed by atoms with Crippen LogP contribution >= 0.6 is 0 Å². The molecule has 1 aromatic rings. The van der Waals surface area contributed by atoms with Gasteiger partial charge in [0.2, 0.25) is 5.91 Å². The lowest BCUT2D eigenvalue weighted by atomic mass is 10.1. The lowest BCUT2D eigenvalue weighted by molar-refractivity contribution is -0.119. The molecule has 1 N–H and O–H groups in total. The molecule has 3 nitrogen and oxygen atoms in total. The predicted octanol–water partition coefficient (Wildman–Crippen LogP) is 1.70. The molecule has 0 radical (unpaired) electrons. The van der Waals surface area contributed by atoms with Crippen molar-refractivity contribution in [1.82, 2.24) is 5.32 Å². The number of hydrogen-bond donors (Lipinski definition) is 1. The zero-order chi connectivity index (χ0) is 10.6. The number of rotatable bonds is 3. The van der Waals surface area contributed by atoms with Gasteiger partial charge in [0.25, 0.3) is 0 Å². The van der Waals surface area contributed by atoms with Crippen molar-refractivity contribution in [3.05, 3.63) is 35.4 Å². The SMILES string of the molecule is CC(=O)N[C@@H](C)c1ccc(C=O)cc1. The van der Waals surface area contributed by atoms with E-state index in [9.17, 15) is 9.59 Å². The molecule has 0 fully saturated rings. The Kier molecular flexibility index (Phi) is 3.40. The maximum Gasteiger partial charge on any atom is 0.217 e. The summed E-state index contributed by atoms with van der Waals surface area (Å²) >= 11 is 0. The zero-order valence-corrected chi connectivity index (χ0v) is 8.28. The van der Waals surface area contributed by atoms with E-state index < -0.39 is 0 Å². The molecule has 14 heavy (non-hydrogen) atoms. The zero-order valence-electron chi connectivity index (χ0n) is 8.28. The second-order valence-electron chi connectivity index (χ2n) is 3.21. The lowest BCUT2D eigenvalue weighted by Crippen LogP contribution is -2.23. The molecule has 0 heterocycles. The number of nitrogens with one attached hydrogen (secondary N) is 1. The monoisotopic (exact) mass is 191 g/mol. The van der Waals surface area contributed by atoms with Crippen LogP contribution in [0.4, 0.5) is 0 Å². The third kappa shape index (κ3) is 2.69. The fraction of sp³-hybridized carbons (Fsp3) is 0.273. The van der Waals surface area contributed by atoms with Crippen LogP contribution in [0.15, 0.2) is 24.3 Å². The van der Waals surface area contributed by atoms with Crippen LogP contribution in [0.1, 0.15) is 35.8 Å². The summed E-state index contributed by atoms with van der Waals surface area (Å²) in [5, 5.41) is 2.77. The van der Waals surface area contributed by atoms with Crippen molar-refractivity contribution in [1.29, 1.82) is 0 Å². The maximum atomic E-state index is 10.8. The molecule has 1 amide bonds. The Morgan fingerprint density at radius 2 is 1.93 bits per heavy atom. The molecule has 0 bridgehead atoms. The van der Waals surface area contributed by atoms with Gasteiger partial charge in [0.05, 0.1) is 6.04 Å². The minimum absolute atomic E-state index is 0.0202. The molecule has 0 saturated heterocycles. The van der Waals surface area contributed by atoms with Gasteiger partial charge in [0.1, 0.15) is 6.29 Å². The van der Waals surface area contributed by atoms with Gasteiger partial charge in [0, 0.05) is 12.5 Å². The van der Waals surface area contributed by atoms with E-state index in [-0.39, 0.29) is 11.9 Å². The molecule has 0 saturated carbocycles. The largest absolute Gasteiger partial charge is 0.350 e. The summed E-state index contributed by atoms with van der Waals surface area (Å²) in [5.41, 5.74) is 1.63. The number of hydrogen-bond acceptors (Lipinski definition) is 2. The molecule has 0 unspecified atom stereocenters. The van der Waals surface area contributed by atoms with Crippen molar-refractivity contribution >= 4 is 12.2 Å². The van der Waals surface area contributed by atoms with Crippen molar-refractivity contribution in [2.24, 2.45) is 0 Å². The smallest absolute Gasteiger partial charge is 0.217 e. The van der Waals surface area contributed by atoms with Gasteiger partial charge in [-0.3, -0.25) is 9.59 Å². The predicted molar refractivity (Wildman–Crippen MR) is 54.1 cm³/mol. The summed E-state index contributed by atoms with van der Waals surface area (Å²) < 4.78 is 0. The summed E-state index contributed by atoms with van der Waals surface area (Å²) in [4.78, 5) is 21.2. The minimum atomic E-state index is -0.0584. The molecule has 0 aliphatic heterocycles. The Balaban J connectivity index is 2.75. The summed E-state index contributed by atoms with van der Waals surface area (Å²) in [6, 6.07) is 7.13. The highest BCUT2D eigenvalue weighted by Crippen LogP contribution is 2.12. The van der Waals surface area contributed by atoms with Crippen LogP contribution in [0.3, 0.4) is 0 Å². The first-order valence-corrected chi connectivity index (χ1v) is 4.45. The molecule has 1 atom stereocenters. The molecule has 1 rings (SSSR count). The third-order valence-corrected chi connectivity index (χ3v) is 1.99. The van der Waals surface area contributed by atoms with Crippen molar-refractivity contribution in [3.63, 3.8) is 0 Å². The van der Waals surface area contributed by atoms with Gasteiger partial charge in [0.15, 0.2) is 0 Å². The molecule has 74 valence electrons. The lowest BCUT2D eigenvalue weighted by Gasteiger charge is -2.12. The summed E-state index contributed by atoms with van der Waals surface area (Å²) in [6.07, 6.45) is 0.798. The first kappa shape index (κ1) is 10.4. The maximum absolute atomic E-state index is 10.8. The highest BCUT2D eigenvalue weighted by Gasteiger charge is 2.05. The summed E-state index contributed by atoms with van der Waals surface area (Å²) in [7, 11) is 0. The third-order valence-electron chi connectivity index (χ3n) is 1.99. The number of amides is 1. The van der Waals surface area contributed by atoms with Crippen LogP contribution in [0.25, 0.3) is 0 Å². The van der Waals surface area contributed by atoms with E-state index >= 15 is 0 Å². The summed E-state index contributed by atoms with van der Waals surface area (Å²) in [6.45, 7) is 3.38. The topological polar surface area (TPSA) is 46.2 Å². The van der Waals surface area contributed by atoms with E-state index in [0.717, 1.165) is 11.8 Å². The second-order valence-corrected chi connectivity index (χ2v) is 3.21. The Bertz CT molecular complexity index is 330. The van der Waals surface area contributed by atoms with E-state index in [0.29, 0.717) is 5.56 Å². The van der Waals surface area contributed by atoms with Gasteiger partial charge in [-0.05, 0) is 12.5 Å². The van der Waals surface area contributed by atoms with E-state index in [4.69, 9.17) is 0 Å². The van der Waals surface area contributed by atoms with Gasteiger partial charge < -0.3 is 5.32 Å². The van der Waals surface area contributed by atoms with Gasteiger partial charge in [-0.1, -0.05) is 24.3 Å². The normalized spacial score (nSPS) is 11.9.